The van der Waals surface area contributed by atoms with Gasteiger partial charge in [-0.05, 0) is 58.3 Å². The smallest absolute Gasteiger partial charge is 0.306 e. The lowest BCUT2D eigenvalue weighted by Crippen LogP contribution is -2.47. The first-order valence-corrected chi connectivity index (χ1v) is 19.5. The van der Waals surface area contributed by atoms with Crippen molar-refractivity contribution in [3.05, 3.63) is 0 Å². The van der Waals surface area contributed by atoms with Crippen LogP contribution in [0.5, 0.6) is 0 Å². The van der Waals surface area contributed by atoms with E-state index in [-0.39, 0.29) is 24.8 Å². The van der Waals surface area contributed by atoms with Gasteiger partial charge in [0.05, 0.1) is 0 Å². The second kappa shape index (κ2) is 31.2. The fourth-order valence-corrected chi connectivity index (χ4v) is 6.27. The first-order chi connectivity index (χ1) is 22.7. The van der Waals surface area contributed by atoms with E-state index in [0.29, 0.717) is 25.7 Å². The number of hydrogen-bond acceptors (Lipinski definition) is 6. The molecule has 0 saturated heterocycles. The highest BCUT2D eigenvalue weighted by molar-refractivity contribution is 5.71. The highest BCUT2D eigenvalue weighted by Crippen LogP contribution is 2.34. The first kappa shape index (κ1) is 44.9. The normalized spacial score (nSPS) is 12.1. The van der Waals surface area contributed by atoms with Gasteiger partial charge in [-0.3, -0.25) is 19.2 Å². The van der Waals surface area contributed by atoms with E-state index in [0.717, 1.165) is 141 Å². The standard InChI is InChI=1S/C39H72O8/c1-4-6-8-16-24-30-37(44)46-34(3)39(47-38(45)31-25-17-9-7-5-2,32-26-20-14-10-12-18-22-28-35(40)41)33-27-21-15-11-13-19-23-29-36(42)43/h34H,4-33H2,1-3H3,(H,40,41)(H,42,43). The Bertz CT molecular complexity index is 764. The fraction of sp³-hybridized carbons (Fsp3) is 0.897. The minimum absolute atomic E-state index is 0.194. The average Bonchev–Trinajstić information content (AvgIpc) is 3.02. The van der Waals surface area contributed by atoms with E-state index >= 15 is 0 Å². The van der Waals surface area contributed by atoms with Crippen molar-refractivity contribution >= 4 is 23.9 Å². The van der Waals surface area contributed by atoms with E-state index in [1.54, 1.807) is 0 Å². The third-order valence-electron chi connectivity index (χ3n) is 9.32. The summed E-state index contributed by atoms with van der Waals surface area (Å²) in [6.07, 6.45) is 25.8. The minimum atomic E-state index is -0.846. The molecule has 0 aromatic heterocycles. The maximum atomic E-state index is 13.3. The molecule has 0 radical (unpaired) electrons. The van der Waals surface area contributed by atoms with E-state index in [1.165, 1.54) is 12.8 Å². The predicted molar refractivity (Wildman–Crippen MR) is 190 cm³/mol. The van der Waals surface area contributed by atoms with E-state index in [1.807, 2.05) is 6.92 Å². The van der Waals surface area contributed by atoms with E-state index in [2.05, 4.69) is 13.8 Å². The molecule has 0 aliphatic rings. The summed E-state index contributed by atoms with van der Waals surface area (Å²) in [6, 6.07) is 0. The minimum Gasteiger partial charge on any atom is -0.481 e. The summed E-state index contributed by atoms with van der Waals surface area (Å²) in [5, 5.41) is 17.7. The molecule has 0 aliphatic heterocycles. The van der Waals surface area contributed by atoms with Crippen LogP contribution in [0.15, 0.2) is 0 Å². The second-order valence-corrected chi connectivity index (χ2v) is 13.7. The lowest BCUT2D eigenvalue weighted by molar-refractivity contribution is -0.188. The quantitative estimate of drug-likeness (QED) is 0.0504. The summed E-state index contributed by atoms with van der Waals surface area (Å²) in [4.78, 5) is 47.7. The van der Waals surface area contributed by atoms with Gasteiger partial charge in [0.1, 0.15) is 11.7 Å². The molecule has 0 fully saturated rings. The van der Waals surface area contributed by atoms with Crippen LogP contribution in [0.4, 0.5) is 0 Å². The molecule has 1 unspecified atom stereocenters. The Morgan fingerprint density at radius 1 is 0.468 bits per heavy atom. The van der Waals surface area contributed by atoms with Crippen molar-refractivity contribution in [3.8, 4) is 0 Å². The molecule has 0 aromatic carbocycles. The van der Waals surface area contributed by atoms with Crippen molar-refractivity contribution in [2.24, 2.45) is 0 Å². The molecule has 0 saturated carbocycles. The summed E-state index contributed by atoms with van der Waals surface area (Å²) in [7, 11) is 0. The Kier molecular flexibility index (Phi) is 29.8. The highest BCUT2D eigenvalue weighted by Gasteiger charge is 2.41. The molecular weight excluding hydrogens is 596 g/mol. The van der Waals surface area contributed by atoms with E-state index < -0.39 is 23.6 Å². The SMILES string of the molecule is CCCCCCCC(=O)OC(C)C(CCCCCCCCCC(=O)O)(CCCCCCCCCC(=O)O)OC(=O)CCCCCCC. The van der Waals surface area contributed by atoms with Crippen LogP contribution in [-0.4, -0.2) is 45.8 Å². The topological polar surface area (TPSA) is 127 Å². The number of aliphatic carboxylic acids is 2. The molecule has 0 bridgehead atoms. The van der Waals surface area contributed by atoms with Gasteiger partial charge in [0, 0.05) is 25.7 Å². The zero-order valence-corrected chi connectivity index (χ0v) is 30.6. The number of carbonyl (C=O) groups is 4. The van der Waals surface area contributed by atoms with Gasteiger partial charge in [-0.15, -0.1) is 0 Å². The van der Waals surface area contributed by atoms with Crippen molar-refractivity contribution in [3.63, 3.8) is 0 Å². The lowest BCUT2D eigenvalue weighted by Gasteiger charge is -2.38. The van der Waals surface area contributed by atoms with Crippen LogP contribution in [0.3, 0.4) is 0 Å². The lowest BCUT2D eigenvalue weighted by atomic mass is 9.84. The van der Waals surface area contributed by atoms with Gasteiger partial charge in [0.15, 0.2) is 0 Å². The number of carboxylic acid groups (broad SMARTS) is 2. The summed E-state index contributed by atoms with van der Waals surface area (Å²) in [5.41, 5.74) is -0.846. The van der Waals surface area contributed by atoms with Crippen LogP contribution in [-0.2, 0) is 28.7 Å². The molecule has 8 nitrogen and oxygen atoms in total. The molecular formula is C39H72O8. The maximum absolute atomic E-state index is 13.3. The molecule has 0 heterocycles. The third-order valence-corrected chi connectivity index (χ3v) is 9.32. The molecule has 0 amide bonds. The molecule has 47 heavy (non-hydrogen) atoms. The number of esters is 2. The molecule has 276 valence electrons. The molecule has 1 atom stereocenters. The number of hydrogen-bond donors (Lipinski definition) is 2. The van der Waals surface area contributed by atoms with Crippen LogP contribution in [0, 0.1) is 0 Å². The Hall–Kier alpha value is -2.12. The van der Waals surface area contributed by atoms with Crippen LogP contribution in [0.2, 0.25) is 0 Å². The number of rotatable bonds is 35. The van der Waals surface area contributed by atoms with E-state index in [4.69, 9.17) is 19.7 Å². The van der Waals surface area contributed by atoms with Crippen LogP contribution in [0.25, 0.3) is 0 Å². The fourth-order valence-electron chi connectivity index (χ4n) is 6.27. The van der Waals surface area contributed by atoms with Crippen molar-refractivity contribution in [1.29, 1.82) is 0 Å². The molecule has 8 heteroatoms. The predicted octanol–water partition coefficient (Wildman–Crippen LogP) is 11.1. The summed E-state index contributed by atoms with van der Waals surface area (Å²) in [6.45, 7) is 6.26. The zero-order chi connectivity index (χ0) is 35.0. The largest absolute Gasteiger partial charge is 0.481 e. The summed E-state index contributed by atoms with van der Waals surface area (Å²) in [5.74, 6) is -1.88. The van der Waals surface area contributed by atoms with Gasteiger partial charge in [-0.2, -0.15) is 0 Å². The van der Waals surface area contributed by atoms with Crippen molar-refractivity contribution < 1.29 is 38.9 Å². The molecule has 2 N–H and O–H groups in total. The van der Waals surface area contributed by atoms with Crippen LogP contribution >= 0.6 is 0 Å². The molecule has 0 aromatic rings. The Labute approximate surface area is 287 Å². The highest BCUT2D eigenvalue weighted by atomic mass is 16.6. The van der Waals surface area contributed by atoms with Crippen molar-refractivity contribution in [2.45, 2.75) is 225 Å². The second-order valence-electron chi connectivity index (χ2n) is 13.7. The van der Waals surface area contributed by atoms with Gasteiger partial charge < -0.3 is 19.7 Å². The Balaban J connectivity index is 5.37. The maximum Gasteiger partial charge on any atom is 0.306 e. The van der Waals surface area contributed by atoms with E-state index in [9.17, 15) is 19.2 Å². The van der Waals surface area contributed by atoms with Crippen molar-refractivity contribution in [1.82, 2.24) is 0 Å². The van der Waals surface area contributed by atoms with Gasteiger partial charge in [-0.25, -0.2) is 0 Å². The van der Waals surface area contributed by atoms with Gasteiger partial charge in [0.2, 0.25) is 0 Å². The molecule has 0 rings (SSSR count). The molecule has 0 spiro atoms. The number of unbranched alkanes of at least 4 members (excludes halogenated alkanes) is 20. The monoisotopic (exact) mass is 669 g/mol. The Morgan fingerprint density at radius 2 is 0.787 bits per heavy atom. The van der Waals surface area contributed by atoms with Gasteiger partial charge >= 0.3 is 23.9 Å². The number of ether oxygens (including phenoxy) is 2. The first-order valence-electron chi connectivity index (χ1n) is 19.5. The number of carbonyl (C=O) groups excluding carboxylic acids is 2. The summed E-state index contributed by atoms with van der Waals surface area (Å²) < 4.78 is 12.5. The van der Waals surface area contributed by atoms with Crippen LogP contribution in [0.1, 0.15) is 213 Å². The third kappa shape index (κ3) is 27.5. The number of carboxylic acids is 2. The zero-order valence-electron chi connectivity index (χ0n) is 30.6. The summed E-state index contributed by atoms with van der Waals surface area (Å²) >= 11 is 0. The van der Waals surface area contributed by atoms with Gasteiger partial charge in [0.25, 0.3) is 0 Å². The van der Waals surface area contributed by atoms with Crippen LogP contribution < -0.4 is 0 Å². The van der Waals surface area contributed by atoms with Gasteiger partial charge in [-0.1, -0.05) is 129 Å². The van der Waals surface area contributed by atoms with Crippen molar-refractivity contribution in [2.75, 3.05) is 0 Å². The average molecular weight is 669 g/mol. The molecule has 0 aliphatic carbocycles. The Morgan fingerprint density at radius 3 is 1.17 bits per heavy atom.